The van der Waals surface area contributed by atoms with Gasteiger partial charge in [-0.2, -0.15) is 11.8 Å². The maximum atomic E-state index is 13.2. The van der Waals surface area contributed by atoms with Crippen LogP contribution in [0.25, 0.3) is 0 Å². The molecule has 1 rings (SSSR count). The van der Waals surface area contributed by atoms with Crippen molar-refractivity contribution < 1.29 is 4.39 Å². The van der Waals surface area contributed by atoms with Gasteiger partial charge in [0.15, 0.2) is 0 Å². The van der Waals surface area contributed by atoms with Crippen molar-refractivity contribution in [1.82, 2.24) is 0 Å². The second-order valence-electron chi connectivity index (χ2n) is 4.53. The number of nitrogens with two attached hydrogens (primary N) is 1. The van der Waals surface area contributed by atoms with Crippen molar-refractivity contribution in [2.75, 3.05) is 0 Å². The van der Waals surface area contributed by atoms with Gasteiger partial charge < -0.3 is 5.73 Å². The molecular weight excluding hydrogens is 209 g/mol. The summed E-state index contributed by atoms with van der Waals surface area (Å²) in [4.78, 5) is 0. The number of hydrogen-bond donors (Lipinski definition) is 1. The van der Waals surface area contributed by atoms with Crippen LogP contribution >= 0.6 is 11.8 Å². The molecule has 0 radical (unpaired) electrons. The van der Waals surface area contributed by atoms with Gasteiger partial charge >= 0.3 is 0 Å². The third kappa shape index (κ3) is 4.22. The third-order valence-corrected chi connectivity index (χ3v) is 3.35. The van der Waals surface area contributed by atoms with Crippen LogP contribution in [0.3, 0.4) is 0 Å². The minimum absolute atomic E-state index is 0.206. The minimum atomic E-state index is -0.206. The van der Waals surface area contributed by atoms with E-state index in [4.69, 9.17) is 5.73 Å². The molecule has 0 amide bonds. The first-order valence-electron chi connectivity index (χ1n) is 5.04. The molecule has 0 saturated carbocycles. The number of rotatable bonds is 3. The van der Waals surface area contributed by atoms with E-state index in [1.54, 1.807) is 0 Å². The van der Waals surface area contributed by atoms with E-state index in [2.05, 4.69) is 20.8 Å². The van der Waals surface area contributed by atoms with Crippen LogP contribution in [0.5, 0.6) is 0 Å². The maximum Gasteiger partial charge on any atom is 0.127 e. The van der Waals surface area contributed by atoms with Crippen LogP contribution in [0.4, 0.5) is 4.39 Å². The van der Waals surface area contributed by atoms with Gasteiger partial charge in [0.25, 0.3) is 0 Å². The normalized spacial score (nSPS) is 11.8. The van der Waals surface area contributed by atoms with Gasteiger partial charge in [-0.25, -0.2) is 4.39 Å². The van der Waals surface area contributed by atoms with Crippen LogP contribution in [-0.4, -0.2) is 4.75 Å². The van der Waals surface area contributed by atoms with Crippen LogP contribution in [0.15, 0.2) is 18.2 Å². The monoisotopic (exact) mass is 227 g/mol. The summed E-state index contributed by atoms with van der Waals surface area (Å²) in [6.45, 7) is 6.78. The van der Waals surface area contributed by atoms with Crippen molar-refractivity contribution in [3.05, 3.63) is 35.1 Å². The summed E-state index contributed by atoms with van der Waals surface area (Å²) in [5, 5.41) is 0. The van der Waals surface area contributed by atoms with Gasteiger partial charge in [-0.1, -0.05) is 32.9 Å². The van der Waals surface area contributed by atoms with Gasteiger partial charge in [0, 0.05) is 22.6 Å². The predicted octanol–water partition coefficient (Wildman–Crippen LogP) is 3.32. The summed E-state index contributed by atoms with van der Waals surface area (Å²) in [5.74, 6) is 0.693. The predicted molar refractivity (Wildman–Crippen MR) is 65.3 cm³/mol. The lowest BCUT2D eigenvalue weighted by molar-refractivity contribution is 0.610. The molecule has 0 aliphatic heterocycles. The quantitative estimate of drug-likeness (QED) is 0.857. The summed E-state index contributed by atoms with van der Waals surface area (Å²) in [5.41, 5.74) is 7.19. The van der Waals surface area contributed by atoms with E-state index in [1.165, 1.54) is 6.07 Å². The Bertz CT molecular complexity index is 331. The van der Waals surface area contributed by atoms with E-state index < -0.39 is 0 Å². The summed E-state index contributed by atoms with van der Waals surface area (Å²) in [6, 6.07) is 5.18. The molecule has 0 aliphatic rings. The molecule has 0 aromatic heterocycles. The van der Waals surface area contributed by atoms with Crippen LogP contribution in [-0.2, 0) is 12.3 Å². The van der Waals surface area contributed by atoms with Gasteiger partial charge in [0.05, 0.1) is 0 Å². The molecule has 3 heteroatoms. The van der Waals surface area contributed by atoms with Crippen molar-refractivity contribution in [2.45, 2.75) is 37.8 Å². The van der Waals surface area contributed by atoms with Crippen molar-refractivity contribution >= 4 is 11.8 Å². The Morgan fingerprint density at radius 1 is 1.33 bits per heavy atom. The summed E-state index contributed by atoms with van der Waals surface area (Å²) in [7, 11) is 0. The number of hydrogen-bond acceptors (Lipinski definition) is 2. The minimum Gasteiger partial charge on any atom is -0.326 e. The lowest BCUT2D eigenvalue weighted by atomic mass is 10.1. The second-order valence-corrected chi connectivity index (χ2v) is 6.33. The lowest BCUT2D eigenvalue weighted by Gasteiger charge is -2.17. The Hall–Kier alpha value is -0.540. The zero-order valence-corrected chi connectivity index (χ0v) is 10.3. The van der Waals surface area contributed by atoms with Crippen LogP contribution in [0, 0.1) is 5.82 Å². The summed E-state index contributed by atoms with van der Waals surface area (Å²) >= 11 is 1.85. The maximum absolute atomic E-state index is 13.2. The molecule has 84 valence electrons. The van der Waals surface area contributed by atoms with Gasteiger partial charge in [0.1, 0.15) is 5.82 Å². The smallest absolute Gasteiger partial charge is 0.127 e. The molecule has 0 spiro atoms. The molecule has 1 aromatic rings. The average molecular weight is 227 g/mol. The van der Waals surface area contributed by atoms with Crippen LogP contribution in [0.1, 0.15) is 31.9 Å². The van der Waals surface area contributed by atoms with Crippen molar-refractivity contribution in [2.24, 2.45) is 5.73 Å². The first-order chi connectivity index (χ1) is 6.92. The molecule has 0 unspecified atom stereocenters. The molecule has 0 fully saturated rings. The second kappa shape index (κ2) is 4.99. The largest absolute Gasteiger partial charge is 0.326 e. The highest BCUT2D eigenvalue weighted by Gasteiger charge is 2.11. The number of thioether (sulfide) groups is 1. The highest BCUT2D eigenvalue weighted by Crippen LogP contribution is 2.27. The fourth-order valence-electron chi connectivity index (χ4n) is 1.17. The molecule has 2 N–H and O–H groups in total. The Morgan fingerprint density at radius 2 is 2.00 bits per heavy atom. The number of benzene rings is 1. The molecular formula is C12H18FNS. The Kier molecular flexibility index (Phi) is 4.17. The van der Waals surface area contributed by atoms with Gasteiger partial charge in [-0.3, -0.25) is 0 Å². The van der Waals surface area contributed by atoms with Crippen LogP contribution in [0.2, 0.25) is 0 Å². The van der Waals surface area contributed by atoms with E-state index in [-0.39, 0.29) is 17.1 Å². The SMILES string of the molecule is CC(C)(C)SCc1ccc(F)c(CN)c1. The highest BCUT2D eigenvalue weighted by atomic mass is 32.2. The Balaban J connectivity index is 2.70. The molecule has 0 heterocycles. The topological polar surface area (TPSA) is 26.0 Å². The average Bonchev–Trinajstić information content (AvgIpc) is 2.15. The first-order valence-corrected chi connectivity index (χ1v) is 6.02. The third-order valence-electron chi connectivity index (χ3n) is 2.00. The standard InChI is InChI=1S/C12H18FNS/c1-12(2,3)15-8-9-4-5-11(13)10(6-9)7-14/h4-6H,7-8,14H2,1-3H3. The molecule has 1 aromatic carbocycles. The highest BCUT2D eigenvalue weighted by molar-refractivity contribution is 7.99. The fourth-order valence-corrected chi connectivity index (χ4v) is 1.95. The Morgan fingerprint density at radius 3 is 2.53 bits per heavy atom. The molecule has 0 aliphatic carbocycles. The van der Waals surface area contributed by atoms with Gasteiger partial charge in [-0.15, -0.1) is 0 Å². The van der Waals surface area contributed by atoms with E-state index in [1.807, 2.05) is 23.9 Å². The number of halogens is 1. The molecule has 1 nitrogen and oxygen atoms in total. The summed E-state index contributed by atoms with van der Waals surface area (Å²) < 4.78 is 13.4. The zero-order chi connectivity index (χ0) is 11.5. The zero-order valence-electron chi connectivity index (χ0n) is 9.51. The molecule has 0 atom stereocenters. The van der Waals surface area contributed by atoms with Crippen molar-refractivity contribution in [3.63, 3.8) is 0 Å². The molecule has 0 saturated heterocycles. The Labute approximate surface area is 95.2 Å². The summed E-state index contributed by atoms with van der Waals surface area (Å²) in [6.07, 6.45) is 0. The fraction of sp³-hybridized carbons (Fsp3) is 0.500. The van der Waals surface area contributed by atoms with Crippen molar-refractivity contribution in [3.8, 4) is 0 Å². The van der Waals surface area contributed by atoms with E-state index in [0.717, 1.165) is 11.3 Å². The van der Waals surface area contributed by atoms with Crippen LogP contribution < -0.4 is 5.73 Å². The van der Waals surface area contributed by atoms with E-state index in [0.29, 0.717) is 5.56 Å². The van der Waals surface area contributed by atoms with Crippen molar-refractivity contribution in [1.29, 1.82) is 0 Å². The van der Waals surface area contributed by atoms with Gasteiger partial charge in [-0.05, 0) is 11.6 Å². The van der Waals surface area contributed by atoms with E-state index in [9.17, 15) is 4.39 Å². The van der Waals surface area contributed by atoms with Gasteiger partial charge in [0.2, 0.25) is 0 Å². The lowest BCUT2D eigenvalue weighted by Crippen LogP contribution is -2.08. The molecule has 15 heavy (non-hydrogen) atoms. The molecule has 0 bridgehead atoms. The van der Waals surface area contributed by atoms with E-state index >= 15 is 0 Å². The first kappa shape index (κ1) is 12.5.